The highest BCUT2D eigenvalue weighted by molar-refractivity contribution is 9.10. The van der Waals surface area contributed by atoms with Crippen molar-refractivity contribution in [1.82, 2.24) is 9.78 Å². The molecular weight excluding hydrogens is 337 g/mol. The van der Waals surface area contributed by atoms with Gasteiger partial charge < -0.3 is 5.32 Å². The van der Waals surface area contributed by atoms with Crippen LogP contribution in [0, 0.1) is 6.92 Å². The van der Waals surface area contributed by atoms with E-state index in [4.69, 9.17) is 23.2 Å². The van der Waals surface area contributed by atoms with Crippen molar-refractivity contribution < 1.29 is 0 Å². The second-order valence-corrected chi connectivity index (χ2v) is 5.58. The van der Waals surface area contributed by atoms with Gasteiger partial charge in [-0.25, -0.2) is 0 Å². The number of aromatic nitrogens is 2. The van der Waals surface area contributed by atoms with Gasteiger partial charge in [-0.1, -0.05) is 23.2 Å². The highest BCUT2D eigenvalue weighted by Gasteiger charge is 2.10. The molecular formula is C12H12BrCl2N3. The molecule has 18 heavy (non-hydrogen) atoms. The smallest absolute Gasteiger partial charge is 0.131 e. The zero-order chi connectivity index (χ0) is 13.3. The summed E-state index contributed by atoms with van der Waals surface area (Å²) in [5.74, 6) is 0. The lowest BCUT2D eigenvalue weighted by molar-refractivity contribution is 0.757. The minimum Gasteiger partial charge on any atom is -0.381 e. The highest BCUT2D eigenvalue weighted by atomic mass is 79.9. The summed E-state index contributed by atoms with van der Waals surface area (Å²) in [6.07, 6.45) is 0. The molecule has 1 heterocycles. The molecule has 2 aromatic rings. The average molecular weight is 349 g/mol. The number of aryl methyl sites for hydroxylation is 2. The molecule has 0 unspecified atom stereocenters. The number of benzene rings is 1. The summed E-state index contributed by atoms with van der Waals surface area (Å²) in [6.45, 7) is 2.58. The Balaban J connectivity index is 2.14. The van der Waals surface area contributed by atoms with Crippen LogP contribution in [0.3, 0.4) is 0 Å². The number of hydrogen-bond donors (Lipinski definition) is 1. The fourth-order valence-electron chi connectivity index (χ4n) is 1.67. The zero-order valence-corrected chi connectivity index (χ0v) is 13.1. The quantitative estimate of drug-likeness (QED) is 0.890. The van der Waals surface area contributed by atoms with E-state index in [2.05, 4.69) is 26.3 Å². The molecule has 0 aliphatic heterocycles. The molecule has 0 atom stereocenters. The number of rotatable bonds is 3. The molecule has 3 nitrogen and oxygen atoms in total. The molecule has 96 valence electrons. The van der Waals surface area contributed by atoms with Crippen LogP contribution < -0.4 is 5.32 Å². The largest absolute Gasteiger partial charge is 0.381 e. The van der Waals surface area contributed by atoms with Crippen molar-refractivity contribution in [1.29, 1.82) is 0 Å². The first kappa shape index (κ1) is 13.7. The van der Waals surface area contributed by atoms with Gasteiger partial charge >= 0.3 is 0 Å². The Kier molecular flexibility index (Phi) is 4.20. The van der Waals surface area contributed by atoms with Crippen molar-refractivity contribution in [2.75, 3.05) is 5.32 Å². The molecule has 1 N–H and O–H groups in total. The first-order valence-electron chi connectivity index (χ1n) is 5.36. The first-order valence-corrected chi connectivity index (χ1v) is 6.91. The molecule has 0 radical (unpaired) electrons. The van der Waals surface area contributed by atoms with E-state index in [1.165, 1.54) is 0 Å². The molecule has 1 aromatic heterocycles. The summed E-state index contributed by atoms with van der Waals surface area (Å²) in [5, 5.41) is 8.92. The second-order valence-electron chi connectivity index (χ2n) is 3.96. The highest BCUT2D eigenvalue weighted by Crippen LogP contribution is 2.26. The summed E-state index contributed by atoms with van der Waals surface area (Å²) in [4.78, 5) is 0. The number of nitrogens with zero attached hydrogens (tertiary/aromatic N) is 2. The van der Waals surface area contributed by atoms with Crippen molar-refractivity contribution in [3.8, 4) is 0 Å². The molecule has 0 amide bonds. The summed E-state index contributed by atoms with van der Waals surface area (Å²) in [6, 6.07) is 5.69. The Morgan fingerprint density at radius 1 is 1.39 bits per heavy atom. The van der Waals surface area contributed by atoms with Crippen LogP contribution in [0.5, 0.6) is 0 Å². The fourth-order valence-corrected chi connectivity index (χ4v) is 2.41. The van der Waals surface area contributed by atoms with E-state index in [9.17, 15) is 0 Å². The van der Waals surface area contributed by atoms with E-state index >= 15 is 0 Å². The molecule has 0 spiro atoms. The van der Waals surface area contributed by atoms with E-state index in [0.29, 0.717) is 16.7 Å². The monoisotopic (exact) mass is 347 g/mol. The summed E-state index contributed by atoms with van der Waals surface area (Å²) in [5.41, 5.74) is 2.92. The molecule has 0 aliphatic rings. The third-order valence-corrected chi connectivity index (χ3v) is 4.35. The molecule has 0 aliphatic carbocycles. The standard InChI is InChI=1S/C12H12BrCl2N3/c1-7-9(12(15)18(2)17-7)6-16-8-3-4-11(14)10(13)5-8/h3-5,16H,6H2,1-2H3. The van der Waals surface area contributed by atoms with Gasteiger partial charge in [-0.05, 0) is 41.1 Å². The third-order valence-electron chi connectivity index (χ3n) is 2.66. The maximum atomic E-state index is 6.17. The maximum absolute atomic E-state index is 6.17. The predicted octanol–water partition coefficient (Wildman–Crippen LogP) is 4.41. The summed E-state index contributed by atoms with van der Waals surface area (Å²) < 4.78 is 2.54. The van der Waals surface area contributed by atoms with Gasteiger partial charge in [0.1, 0.15) is 5.15 Å². The zero-order valence-electron chi connectivity index (χ0n) is 9.97. The molecule has 6 heteroatoms. The Hall–Kier alpha value is -0.710. The van der Waals surface area contributed by atoms with Gasteiger partial charge in [0.25, 0.3) is 0 Å². The van der Waals surface area contributed by atoms with Gasteiger partial charge in [0.2, 0.25) is 0 Å². The van der Waals surface area contributed by atoms with Crippen LogP contribution in [0.4, 0.5) is 5.69 Å². The summed E-state index contributed by atoms with van der Waals surface area (Å²) in [7, 11) is 1.83. The van der Waals surface area contributed by atoms with Crippen LogP contribution in [-0.4, -0.2) is 9.78 Å². The Bertz CT molecular complexity index is 581. The first-order chi connectivity index (χ1) is 8.49. The Morgan fingerprint density at radius 3 is 2.67 bits per heavy atom. The van der Waals surface area contributed by atoms with Gasteiger partial charge in [-0.2, -0.15) is 5.10 Å². The number of anilines is 1. The lowest BCUT2D eigenvalue weighted by Gasteiger charge is -2.07. The van der Waals surface area contributed by atoms with Crippen LogP contribution in [0.25, 0.3) is 0 Å². The molecule has 1 aromatic carbocycles. The Labute approximate surface area is 124 Å². The van der Waals surface area contributed by atoms with Crippen molar-refractivity contribution in [3.63, 3.8) is 0 Å². The minimum atomic E-state index is 0.632. The van der Waals surface area contributed by atoms with Crippen molar-refractivity contribution in [2.24, 2.45) is 7.05 Å². The van der Waals surface area contributed by atoms with Gasteiger partial charge in [0.15, 0.2) is 0 Å². The number of hydrogen-bond acceptors (Lipinski definition) is 2. The van der Waals surface area contributed by atoms with Crippen molar-refractivity contribution >= 4 is 44.8 Å². The van der Waals surface area contributed by atoms with E-state index in [1.54, 1.807) is 4.68 Å². The average Bonchev–Trinajstić information content (AvgIpc) is 2.56. The number of nitrogens with one attached hydrogen (secondary N) is 1. The van der Waals surface area contributed by atoms with Gasteiger partial charge in [-0.15, -0.1) is 0 Å². The second kappa shape index (κ2) is 5.51. The van der Waals surface area contributed by atoms with E-state index in [1.807, 2.05) is 32.2 Å². The lowest BCUT2D eigenvalue weighted by Crippen LogP contribution is -2.00. The lowest BCUT2D eigenvalue weighted by atomic mass is 10.2. The molecule has 0 fully saturated rings. The van der Waals surface area contributed by atoms with E-state index in [0.717, 1.165) is 21.4 Å². The van der Waals surface area contributed by atoms with Gasteiger partial charge in [0, 0.05) is 29.3 Å². The SMILES string of the molecule is Cc1nn(C)c(Cl)c1CNc1ccc(Cl)c(Br)c1. The molecule has 0 saturated heterocycles. The van der Waals surface area contributed by atoms with Gasteiger partial charge in [0.05, 0.1) is 10.7 Å². The van der Waals surface area contributed by atoms with Crippen LogP contribution >= 0.6 is 39.1 Å². The minimum absolute atomic E-state index is 0.632. The van der Waals surface area contributed by atoms with Crippen LogP contribution in [0.2, 0.25) is 10.2 Å². The third kappa shape index (κ3) is 2.82. The van der Waals surface area contributed by atoms with E-state index < -0.39 is 0 Å². The molecule has 0 saturated carbocycles. The van der Waals surface area contributed by atoms with Crippen molar-refractivity contribution in [2.45, 2.75) is 13.5 Å². The van der Waals surface area contributed by atoms with Gasteiger partial charge in [-0.3, -0.25) is 4.68 Å². The van der Waals surface area contributed by atoms with Crippen molar-refractivity contribution in [3.05, 3.63) is 44.1 Å². The molecule has 2 rings (SSSR count). The number of halogens is 3. The van der Waals surface area contributed by atoms with E-state index in [-0.39, 0.29) is 0 Å². The Morgan fingerprint density at radius 2 is 2.11 bits per heavy atom. The van der Waals surface area contributed by atoms with Crippen LogP contribution in [0.1, 0.15) is 11.3 Å². The van der Waals surface area contributed by atoms with Crippen LogP contribution in [0.15, 0.2) is 22.7 Å². The fraction of sp³-hybridized carbons (Fsp3) is 0.250. The van der Waals surface area contributed by atoms with Crippen LogP contribution in [-0.2, 0) is 13.6 Å². The maximum Gasteiger partial charge on any atom is 0.131 e. The molecule has 0 bridgehead atoms. The topological polar surface area (TPSA) is 29.9 Å². The summed E-state index contributed by atoms with van der Waals surface area (Å²) >= 11 is 15.5. The predicted molar refractivity (Wildman–Crippen MR) is 79.4 cm³/mol. The normalized spacial score (nSPS) is 10.7.